The van der Waals surface area contributed by atoms with Crippen LogP contribution in [-0.4, -0.2) is 39.2 Å². The first-order valence-electron chi connectivity index (χ1n) is 9.73. The van der Waals surface area contributed by atoms with E-state index >= 15 is 0 Å². The number of sulfonamides is 1. The number of rotatable bonds is 8. The molecule has 0 saturated heterocycles. The summed E-state index contributed by atoms with van der Waals surface area (Å²) in [5.41, 5.74) is 3.24. The molecule has 1 atom stereocenters. The zero-order valence-corrected chi connectivity index (χ0v) is 18.7. The van der Waals surface area contributed by atoms with Crippen molar-refractivity contribution in [3.8, 4) is 0 Å². The van der Waals surface area contributed by atoms with E-state index in [1.807, 2.05) is 19.9 Å². The number of aryl methyl sites for hydroxylation is 2. The van der Waals surface area contributed by atoms with Crippen molar-refractivity contribution >= 4 is 33.3 Å². The van der Waals surface area contributed by atoms with Gasteiger partial charge in [0.25, 0.3) is 0 Å². The number of ether oxygens (including phenoxy) is 1. The third kappa shape index (κ3) is 5.60. The third-order valence-corrected chi connectivity index (χ3v) is 5.92. The van der Waals surface area contributed by atoms with Gasteiger partial charge in [0.15, 0.2) is 0 Å². The molecule has 1 amide bonds. The fourth-order valence-corrected chi connectivity index (χ4v) is 4.26. The zero-order chi connectivity index (χ0) is 22.5. The standard InChI is InChI=1S/C22H28N2O5S/c1-6-20(24(30(5,27)28)19-13-8-15(3)16(4)14-19)21(25)23-18-11-9-17(10-12-18)22(26)29-7-2/h8-14,20H,6-7H2,1-5H3,(H,23,25). The number of nitrogens with one attached hydrogen (secondary N) is 1. The molecule has 0 heterocycles. The maximum Gasteiger partial charge on any atom is 0.338 e. The van der Waals surface area contributed by atoms with Crippen LogP contribution in [0.3, 0.4) is 0 Å². The van der Waals surface area contributed by atoms with Crippen LogP contribution in [0.1, 0.15) is 41.8 Å². The van der Waals surface area contributed by atoms with Crippen molar-refractivity contribution < 1.29 is 22.7 Å². The summed E-state index contributed by atoms with van der Waals surface area (Å²) in [4.78, 5) is 24.7. The molecule has 2 rings (SSSR count). The van der Waals surface area contributed by atoms with Gasteiger partial charge in [-0.25, -0.2) is 13.2 Å². The van der Waals surface area contributed by atoms with Crippen LogP contribution in [0.2, 0.25) is 0 Å². The van der Waals surface area contributed by atoms with Crippen molar-refractivity contribution in [3.63, 3.8) is 0 Å². The van der Waals surface area contributed by atoms with Crippen LogP contribution in [-0.2, 0) is 19.6 Å². The summed E-state index contributed by atoms with van der Waals surface area (Å²) in [5, 5.41) is 2.74. The van der Waals surface area contributed by atoms with Gasteiger partial charge in [-0.3, -0.25) is 9.10 Å². The van der Waals surface area contributed by atoms with Crippen LogP contribution >= 0.6 is 0 Å². The van der Waals surface area contributed by atoms with Crippen molar-refractivity contribution in [1.29, 1.82) is 0 Å². The molecule has 7 nitrogen and oxygen atoms in total. The van der Waals surface area contributed by atoms with Gasteiger partial charge in [-0.15, -0.1) is 0 Å². The molecule has 0 aliphatic heterocycles. The number of nitrogens with zero attached hydrogens (tertiary/aromatic N) is 1. The molecule has 0 radical (unpaired) electrons. The molecule has 0 spiro atoms. The minimum Gasteiger partial charge on any atom is -0.462 e. The van der Waals surface area contributed by atoms with Crippen molar-refractivity contribution in [2.24, 2.45) is 0 Å². The number of amides is 1. The third-order valence-electron chi connectivity index (χ3n) is 4.74. The minimum atomic E-state index is -3.71. The van der Waals surface area contributed by atoms with E-state index in [0.29, 0.717) is 16.9 Å². The van der Waals surface area contributed by atoms with E-state index in [-0.39, 0.29) is 13.0 Å². The molecule has 2 aromatic rings. The van der Waals surface area contributed by atoms with Crippen LogP contribution in [0.4, 0.5) is 11.4 Å². The van der Waals surface area contributed by atoms with Gasteiger partial charge in [-0.1, -0.05) is 13.0 Å². The minimum absolute atomic E-state index is 0.273. The predicted octanol–water partition coefficient (Wildman–Crippen LogP) is 3.66. The second kappa shape index (κ2) is 9.75. The van der Waals surface area contributed by atoms with Gasteiger partial charge < -0.3 is 10.1 Å². The summed E-state index contributed by atoms with van der Waals surface area (Å²) >= 11 is 0. The molecule has 0 aliphatic carbocycles. The molecular formula is C22H28N2O5S. The van der Waals surface area contributed by atoms with Crippen LogP contribution in [0.25, 0.3) is 0 Å². The average Bonchev–Trinajstić information content (AvgIpc) is 2.68. The molecule has 0 saturated carbocycles. The summed E-state index contributed by atoms with van der Waals surface area (Å²) in [6.45, 7) is 7.59. The molecule has 0 aliphatic rings. The lowest BCUT2D eigenvalue weighted by Gasteiger charge is -2.30. The molecule has 0 bridgehead atoms. The van der Waals surface area contributed by atoms with Crippen LogP contribution < -0.4 is 9.62 Å². The summed E-state index contributed by atoms with van der Waals surface area (Å²) in [6.07, 6.45) is 1.37. The Bertz CT molecular complexity index is 1020. The first-order chi connectivity index (χ1) is 14.1. The van der Waals surface area contributed by atoms with Crippen molar-refractivity contribution in [1.82, 2.24) is 0 Å². The lowest BCUT2D eigenvalue weighted by Crippen LogP contribution is -2.47. The lowest BCUT2D eigenvalue weighted by molar-refractivity contribution is -0.117. The highest BCUT2D eigenvalue weighted by molar-refractivity contribution is 7.92. The SMILES string of the molecule is CCOC(=O)c1ccc(NC(=O)C(CC)N(c2ccc(C)c(C)c2)S(C)(=O)=O)cc1. The summed E-state index contributed by atoms with van der Waals surface area (Å²) in [6, 6.07) is 10.6. The predicted molar refractivity (Wildman–Crippen MR) is 118 cm³/mol. The summed E-state index contributed by atoms with van der Waals surface area (Å²) in [5.74, 6) is -0.898. The van der Waals surface area contributed by atoms with Gasteiger partial charge >= 0.3 is 5.97 Å². The highest BCUT2D eigenvalue weighted by Crippen LogP contribution is 2.25. The van der Waals surface area contributed by atoms with Crippen LogP contribution in [0, 0.1) is 13.8 Å². The van der Waals surface area contributed by atoms with Crippen molar-refractivity contribution in [3.05, 3.63) is 59.2 Å². The van der Waals surface area contributed by atoms with Gasteiger partial charge in [-0.05, 0) is 74.7 Å². The number of esters is 1. The number of hydrogen-bond acceptors (Lipinski definition) is 5. The van der Waals surface area contributed by atoms with Crippen LogP contribution in [0.15, 0.2) is 42.5 Å². The first kappa shape index (κ1) is 23.4. The molecule has 0 aromatic heterocycles. The molecule has 1 unspecified atom stereocenters. The topological polar surface area (TPSA) is 92.8 Å². The van der Waals surface area contributed by atoms with E-state index in [1.54, 1.807) is 50.2 Å². The van der Waals surface area contributed by atoms with E-state index in [1.165, 1.54) is 0 Å². The highest BCUT2D eigenvalue weighted by atomic mass is 32.2. The lowest BCUT2D eigenvalue weighted by atomic mass is 10.1. The van der Waals surface area contributed by atoms with Gasteiger partial charge in [0, 0.05) is 5.69 Å². The highest BCUT2D eigenvalue weighted by Gasteiger charge is 2.31. The number of hydrogen-bond donors (Lipinski definition) is 1. The van der Waals surface area contributed by atoms with Crippen LogP contribution in [0.5, 0.6) is 0 Å². The normalized spacial score (nSPS) is 12.2. The van der Waals surface area contributed by atoms with E-state index < -0.39 is 27.9 Å². The van der Waals surface area contributed by atoms with Gasteiger partial charge in [0.05, 0.1) is 24.1 Å². The second-order valence-corrected chi connectivity index (χ2v) is 8.90. The summed E-state index contributed by atoms with van der Waals surface area (Å²) < 4.78 is 31.2. The fourth-order valence-electron chi connectivity index (χ4n) is 3.05. The Hall–Kier alpha value is -2.87. The molecule has 1 N–H and O–H groups in total. The first-order valence-corrected chi connectivity index (χ1v) is 11.6. The maximum absolute atomic E-state index is 13.0. The Labute approximate surface area is 178 Å². The zero-order valence-electron chi connectivity index (χ0n) is 17.9. The van der Waals surface area contributed by atoms with Gasteiger partial charge in [0.2, 0.25) is 15.9 Å². The van der Waals surface area contributed by atoms with E-state index in [2.05, 4.69) is 5.32 Å². The van der Waals surface area contributed by atoms with Crippen molar-refractivity contribution in [2.75, 3.05) is 22.5 Å². The Balaban J connectivity index is 2.29. The van der Waals surface area contributed by atoms with E-state index in [9.17, 15) is 18.0 Å². The summed E-state index contributed by atoms with van der Waals surface area (Å²) in [7, 11) is -3.71. The maximum atomic E-state index is 13.0. The van der Waals surface area contributed by atoms with Gasteiger partial charge in [0.1, 0.15) is 6.04 Å². The number of carbonyl (C=O) groups excluding carboxylic acids is 2. The molecule has 2 aromatic carbocycles. The Kier molecular flexibility index (Phi) is 7.61. The Morgan fingerprint density at radius 3 is 2.17 bits per heavy atom. The largest absolute Gasteiger partial charge is 0.462 e. The van der Waals surface area contributed by atoms with Crippen molar-refractivity contribution in [2.45, 2.75) is 40.2 Å². The average molecular weight is 433 g/mol. The molecule has 30 heavy (non-hydrogen) atoms. The second-order valence-electron chi connectivity index (χ2n) is 7.04. The van der Waals surface area contributed by atoms with E-state index in [0.717, 1.165) is 21.7 Å². The molecular weight excluding hydrogens is 404 g/mol. The monoisotopic (exact) mass is 432 g/mol. The smallest absolute Gasteiger partial charge is 0.338 e. The Morgan fingerprint density at radius 1 is 1.03 bits per heavy atom. The number of anilines is 2. The molecule has 162 valence electrons. The van der Waals surface area contributed by atoms with E-state index in [4.69, 9.17) is 4.74 Å². The fraction of sp³-hybridized carbons (Fsp3) is 0.364. The molecule has 0 fully saturated rings. The molecule has 8 heteroatoms. The Morgan fingerprint density at radius 2 is 1.67 bits per heavy atom. The number of benzene rings is 2. The van der Waals surface area contributed by atoms with Gasteiger partial charge in [-0.2, -0.15) is 0 Å². The quantitative estimate of drug-likeness (QED) is 0.643. The number of carbonyl (C=O) groups is 2.